The Morgan fingerprint density at radius 3 is 2.90 bits per heavy atom. The average molecular weight is 352 g/mol. The molecule has 0 aliphatic heterocycles. The smallest absolute Gasteiger partial charge is 0.224 e. The summed E-state index contributed by atoms with van der Waals surface area (Å²) < 4.78 is 10.7. The van der Waals surface area contributed by atoms with Gasteiger partial charge in [0.2, 0.25) is 5.91 Å². The first-order valence-electron chi connectivity index (χ1n) is 6.87. The molecule has 1 N–H and O–H groups in total. The number of furan rings is 1. The fourth-order valence-corrected chi connectivity index (χ4v) is 2.41. The SMILES string of the molecule is CCOc1ccc(NC(=O)CCc2ccco2)cc1CBr. The molecule has 2 aromatic rings. The summed E-state index contributed by atoms with van der Waals surface area (Å²) in [6.45, 7) is 2.57. The summed E-state index contributed by atoms with van der Waals surface area (Å²) in [5.41, 5.74) is 1.79. The molecule has 0 aliphatic carbocycles. The lowest BCUT2D eigenvalue weighted by molar-refractivity contribution is -0.116. The van der Waals surface area contributed by atoms with Crippen LogP contribution in [0.5, 0.6) is 5.75 Å². The third kappa shape index (κ3) is 4.63. The first-order valence-corrected chi connectivity index (χ1v) is 7.99. The number of anilines is 1. The number of aryl methyl sites for hydroxylation is 1. The zero-order valence-electron chi connectivity index (χ0n) is 11.9. The van der Waals surface area contributed by atoms with Crippen molar-refractivity contribution in [3.05, 3.63) is 47.9 Å². The number of nitrogens with one attached hydrogen (secondary N) is 1. The number of halogens is 1. The molecule has 0 radical (unpaired) electrons. The molecule has 1 amide bonds. The third-order valence-electron chi connectivity index (χ3n) is 2.97. The molecule has 0 atom stereocenters. The molecule has 1 aromatic carbocycles. The first kappa shape index (κ1) is 15.6. The van der Waals surface area contributed by atoms with E-state index in [4.69, 9.17) is 9.15 Å². The predicted molar refractivity (Wildman–Crippen MR) is 85.9 cm³/mol. The maximum absolute atomic E-state index is 11.9. The number of hydrogen-bond acceptors (Lipinski definition) is 3. The second-order valence-corrected chi connectivity index (χ2v) is 5.08. The van der Waals surface area contributed by atoms with E-state index >= 15 is 0 Å². The Hall–Kier alpha value is -1.75. The van der Waals surface area contributed by atoms with E-state index in [9.17, 15) is 4.79 Å². The van der Waals surface area contributed by atoms with Crippen molar-refractivity contribution in [3.63, 3.8) is 0 Å². The number of alkyl halides is 1. The number of amides is 1. The molecular weight excluding hydrogens is 334 g/mol. The van der Waals surface area contributed by atoms with Crippen LogP contribution in [0, 0.1) is 0 Å². The lowest BCUT2D eigenvalue weighted by Crippen LogP contribution is -2.12. The van der Waals surface area contributed by atoms with E-state index in [1.165, 1.54) is 0 Å². The molecule has 0 aliphatic rings. The van der Waals surface area contributed by atoms with Gasteiger partial charge in [-0.15, -0.1) is 0 Å². The van der Waals surface area contributed by atoms with E-state index < -0.39 is 0 Å². The summed E-state index contributed by atoms with van der Waals surface area (Å²) in [7, 11) is 0. The maximum Gasteiger partial charge on any atom is 0.224 e. The lowest BCUT2D eigenvalue weighted by Gasteiger charge is -2.11. The molecule has 0 unspecified atom stereocenters. The van der Waals surface area contributed by atoms with Gasteiger partial charge in [-0.05, 0) is 37.3 Å². The van der Waals surface area contributed by atoms with Gasteiger partial charge < -0.3 is 14.5 Å². The van der Waals surface area contributed by atoms with Crippen LogP contribution in [-0.2, 0) is 16.5 Å². The molecule has 0 spiro atoms. The number of benzene rings is 1. The second kappa shape index (κ2) is 7.88. The van der Waals surface area contributed by atoms with Crippen molar-refractivity contribution in [3.8, 4) is 5.75 Å². The van der Waals surface area contributed by atoms with Crippen LogP contribution < -0.4 is 10.1 Å². The zero-order chi connectivity index (χ0) is 15.1. The van der Waals surface area contributed by atoms with Gasteiger partial charge >= 0.3 is 0 Å². The van der Waals surface area contributed by atoms with Crippen molar-refractivity contribution in [2.45, 2.75) is 25.1 Å². The van der Waals surface area contributed by atoms with Crippen LogP contribution in [0.1, 0.15) is 24.7 Å². The van der Waals surface area contributed by atoms with Gasteiger partial charge in [-0.3, -0.25) is 4.79 Å². The molecule has 112 valence electrons. The second-order valence-electron chi connectivity index (χ2n) is 4.52. The van der Waals surface area contributed by atoms with Crippen LogP contribution in [0.3, 0.4) is 0 Å². The molecule has 0 fully saturated rings. The molecule has 4 nitrogen and oxygen atoms in total. The van der Waals surface area contributed by atoms with Crippen LogP contribution in [0.25, 0.3) is 0 Å². The number of carbonyl (C=O) groups excluding carboxylic acids is 1. The Kier molecular flexibility index (Phi) is 5.87. The molecule has 0 saturated carbocycles. The average Bonchev–Trinajstić information content (AvgIpc) is 3.00. The van der Waals surface area contributed by atoms with Gasteiger partial charge in [-0.1, -0.05) is 15.9 Å². The van der Waals surface area contributed by atoms with Gasteiger partial charge in [-0.2, -0.15) is 0 Å². The molecule has 2 rings (SSSR count). The van der Waals surface area contributed by atoms with Crippen LogP contribution in [0.2, 0.25) is 0 Å². The van der Waals surface area contributed by atoms with E-state index in [0.717, 1.165) is 22.8 Å². The highest BCUT2D eigenvalue weighted by molar-refractivity contribution is 9.08. The molecule has 1 aromatic heterocycles. The monoisotopic (exact) mass is 351 g/mol. The maximum atomic E-state index is 11.9. The number of hydrogen-bond donors (Lipinski definition) is 1. The van der Waals surface area contributed by atoms with Crippen molar-refractivity contribution in [1.29, 1.82) is 0 Å². The van der Waals surface area contributed by atoms with Gasteiger partial charge in [-0.25, -0.2) is 0 Å². The normalized spacial score (nSPS) is 10.4. The number of ether oxygens (including phenoxy) is 1. The molecular formula is C16H18BrNO3. The Balaban J connectivity index is 1.93. The van der Waals surface area contributed by atoms with Crippen molar-refractivity contribution < 1.29 is 13.9 Å². The lowest BCUT2D eigenvalue weighted by atomic mass is 10.2. The molecule has 0 bridgehead atoms. The quantitative estimate of drug-likeness (QED) is 0.762. The summed E-state index contributed by atoms with van der Waals surface area (Å²) >= 11 is 3.43. The van der Waals surface area contributed by atoms with Crippen molar-refractivity contribution in [1.82, 2.24) is 0 Å². The topological polar surface area (TPSA) is 51.5 Å². The fraction of sp³-hybridized carbons (Fsp3) is 0.312. The highest BCUT2D eigenvalue weighted by atomic mass is 79.9. The number of carbonyl (C=O) groups is 1. The van der Waals surface area contributed by atoms with Crippen LogP contribution in [-0.4, -0.2) is 12.5 Å². The molecule has 1 heterocycles. The van der Waals surface area contributed by atoms with Crippen molar-refractivity contribution in [2.24, 2.45) is 0 Å². The van der Waals surface area contributed by atoms with Gasteiger partial charge in [0.15, 0.2) is 0 Å². The summed E-state index contributed by atoms with van der Waals surface area (Å²) in [6, 6.07) is 9.34. The largest absolute Gasteiger partial charge is 0.494 e. The molecule has 5 heteroatoms. The summed E-state index contributed by atoms with van der Waals surface area (Å²) in [5, 5.41) is 3.57. The Morgan fingerprint density at radius 2 is 2.24 bits per heavy atom. The molecule has 0 saturated heterocycles. The minimum atomic E-state index is -0.0314. The van der Waals surface area contributed by atoms with Gasteiger partial charge in [0.25, 0.3) is 0 Å². The van der Waals surface area contributed by atoms with Gasteiger partial charge in [0.1, 0.15) is 11.5 Å². The van der Waals surface area contributed by atoms with Crippen LogP contribution >= 0.6 is 15.9 Å². The first-order chi connectivity index (χ1) is 10.2. The minimum Gasteiger partial charge on any atom is -0.494 e. The van der Waals surface area contributed by atoms with Gasteiger partial charge in [0, 0.05) is 29.4 Å². The van der Waals surface area contributed by atoms with E-state index in [-0.39, 0.29) is 5.91 Å². The van der Waals surface area contributed by atoms with Crippen LogP contribution in [0.4, 0.5) is 5.69 Å². The standard InChI is InChI=1S/C16H18BrNO3/c1-2-20-15-7-5-13(10-12(15)11-17)18-16(19)8-6-14-4-3-9-21-14/h3-5,7,9-10H,2,6,8,11H2,1H3,(H,18,19). The van der Waals surface area contributed by atoms with Gasteiger partial charge in [0.05, 0.1) is 12.9 Å². The fourth-order valence-electron chi connectivity index (χ4n) is 1.97. The Bertz CT molecular complexity index is 581. The third-order valence-corrected chi connectivity index (χ3v) is 3.57. The summed E-state index contributed by atoms with van der Waals surface area (Å²) in [5.74, 6) is 1.62. The van der Waals surface area contributed by atoms with E-state index in [2.05, 4.69) is 21.2 Å². The molecule has 21 heavy (non-hydrogen) atoms. The highest BCUT2D eigenvalue weighted by Gasteiger charge is 2.08. The van der Waals surface area contributed by atoms with Crippen molar-refractivity contribution in [2.75, 3.05) is 11.9 Å². The van der Waals surface area contributed by atoms with E-state index in [1.807, 2.05) is 37.3 Å². The minimum absolute atomic E-state index is 0.0314. The Morgan fingerprint density at radius 1 is 1.38 bits per heavy atom. The highest BCUT2D eigenvalue weighted by Crippen LogP contribution is 2.25. The number of rotatable bonds is 7. The van der Waals surface area contributed by atoms with E-state index in [1.54, 1.807) is 6.26 Å². The Labute approximate surface area is 132 Å². The van der Waals surface area contributed by atoms with Crippen molar-refractivity contribution >= 4 is 27.5 Å². The van der Waals surface area contributed by atoms with E-state index in [0.29, 0.717) is 24.8 Å². The predicted octanol–water partition coefficient (Wildman–Crippen LogP) is 4.14. The summed E-state index contributed by atoms with van der Waals surface area (Å²) in [4.78, 5) is 11.9. The zero-order valence-corrected chi connectivity index (χ0v) is 13.5. The summed E-state index contributed by atoms with van der Waals surface area (Å²) in [6.07, 6.45) is 2.60. The van der Waals surface area contributed by atoms with Crippen LogP contribution in [0.15, 0.2) is 41.0 Å².